The Hall–Kier alpha value is -1.09. The van der Waals surface area contributed by atoms with Crippen LogP contribution in [-0.2, 0) is 0 Å². The Kier molecular flexibility index (Phi) is 3.48. The van der Waals surface area contributed by atoms with Gasteiger partial charge in [0, 0.05) is 31.4 Å². The van der Waals surface area contributed by atoms with E-state index >= 15 is 0 Å². The summed E-state index contributed by atoms with van der Waals surface area (Å²) in [6.45, 7) is 2.06. The summed E-state index contributed by atoms with van der Waals surface area (Å²) in [6, 6.07) is 13.7. The number of hydrogen-bond donors (Lipinski definition) is 1. The zero-order valence-corrected chi connectivity index (χ0v) is 12.5. The Bertz CT molecular complexity index is 749. The molecule has 0 saturated heterocycles. The lowest BCUT2D eigenvalue weighted by Crippen LogP contribution is -1.77. The maximum absolute atomic E-state index is 6.22. The van der Waals surface area contributed by atoms with E-state index in [1.54, 1.807) is 11.8 Å². The first-order chi connectivity index (χ1) is 9.15. The molecular weight excluding hydrogens is 297 g/mol. The molecule has 0 fully saturated rings. The third kappa shape index (κ3) is 2.48. The maximum Gasteiger partial charge on any atom is 0.0545 e. The molecule has 0 saturated carbocycles. The van der Waals surface area contributed by atoms with E-state index in [2.05, 4.69) is 11.9 Å². The van der Waals surface area contributed by atoms with Gasteiger partial charge in [0.25, 0.3) is 0 Å². The molecule has 3 rings (SSSR count). The van der Waals surface area contributed by atoms with E-state index in [0.717, 1.165) is 31.5 Å². The highest BCUT2D eigenvalue weighted by molar-refractivity contribution is 7.99. The van der Waals surface area contributed by atoms with Gasteiger partial charge in [-0.05, 0) is 37.3 Å². The highest BCUT2D eigenvalue weighted by Gasteiger charge is 2.11. The molecule has 2 aromatic carbocycles. The lowest BCUT2D eigenvalue weighted by atomic mass is 10.2. The second kappa shape index (κ2) is 5.12. The fourth-order valence-corrected chi connectivity index (χ4v) is 3.48. The Morgan fingerprint density at radius 1 is 1.05 bits per heavy atom. The van der Waals surface area contributed by atoms with Crippen molar-refractivity contribution in [1.29, 1.82) is 0 Å². The maximum atomic E-state index is 6.22. The van der Waals surface area contributed by atoms with Crippen LogP contribution in [0.15, 0.2) is 52.3 Å². The van der Waals surface area contributed by atoms with Gasteiger partial charge in [-0.2, -0.15) is 0 Å². The molecule has 4 heteroatoms. The van der Waals surface area contributed by atoms with Crippen LogP contribution in [0, 0.1) is 6.92 Å². The highest BCUT2D eigenvalue weighted by Crippen LogP contribution is 2.39. The number of nitrogens with one attached hydrogen (secondary N) is 1. The van der Waals surface area contributed by atoms with Crippen molar-refractivity contribution >= 4 is 45.9 Å². The normalized spacial score (nSPS) is 11.1. The van der Waals surface area contributed by atoms with Crippen molar-refractivity contribution in [3.8, 4) is 0 Å². The lowest BCUT2D eigenvalue weighted by molar-refractivity contribution is 1.23. The lowest BCUT2D eigenvalue weighted by Gasteiger charge is -2.04. The molecule has 1 aromatic heterocycles. The monoisotopic (exact) mass is 307 g/mol. The summed E-state index contributed by atoms with van der Waals surface area (Å²) in [5.41, 5.74) is 2.22. The topological polar surface area (TPSA) is 15.8 Å². The summed E-state index contributed by atoms with van der Waals surface area (Å²) >= 11 is 14.0. The molecule has 1 nitrogen and oxygen atoms in total. The number of benzene rings is 2. The van der Waals surface area contributed by atoms with Gasteiger partial charge in [0.15, 0.2) is 0 Å². The highest BCUT2D eigenvalue weighted by atomic mass is 35.5. The Morgan fingerprint density at radius 2 is 1.84 bits per heavy atom. The van der Waals surface area contributed by atoms with E-state index in [1.807, 2.05) is 42.5 Å². The van der Waals surface area contributed by atoms with Crippen LogP contribution in [0.4, 0.5) is 0 Å². The number of H-pyrrole nitrogens is 1. The first-order valence-electron chi connectivity index (χ1n) is 5.85. The molecule has 96 valence electrons. The van der Waals surface area contributed by atoms with Gasteiger partial charge in [-0.15, -0.1) is 0 Å². The molecule has 0 radical (unpaired) electrons. The molecule has 19 heavy (non-hydrogen) atoms. The number of rotatable bonds is 2. The van der Waals surface area contributed by atoms with Crippen LogP contribution in [0.2, 0.25) is 10.0 Å². The molecule has 1 N–H and O–H groups in total. The van der Waals surface area contributed by atoms with E-state index in [-0.39, 0.29) is 0 Å². The van der Waals surface area contributed by atoms with Gasteiger partial charge in [-0.3, -0.25) is 0 Å². The first kappa shape index (κ1) is 12.9. The van der Waals surface area contributed by atoms with Crippen LogP contribution in [-0.4, -0.2) is 4.98 Å². The average Bonchev–Trinajstić information content (AvgIpc) is 2.69. The molecular formula is C15H11Cl2NS. The van der Waals surface area contributed by atoms with Crippen molar-refractivity contribution in [2.75, 3.05) is 0 Å². The van der Waals surface area contributed by atoms with Crippen molar-refractivity contribution in [2.24, 2.45) is 0 Å². The van der Waals surface area contributed by atoms with Gasteiger partial charge < -0.3 is 4.98 Å². The largest absolute Gasteiger partial charge is 0.358 e. The third-order valence-electron chi connectivity index (χ3n) is 2.94. The SMILES string of the molecule is Cc1[nH]c2ccc(Cl)cc2c1Sc1ccccc1Cl. The zero-order chi connectivity index (χ0) is 13.4. The molecule has 0 aliphatic heterocycles. The minimum atomic E-state index is 0.743. The molecule has 0 amide bonds. The standard InChI is InChI=1S/C15H11Cl2NS/c1-9-15(19-14-5-3-2-4-12(14)17)11-8-10(16)6-7-13(11)18-9/h2-8,18H,1H3. The van der Waals surface area contributed by atoms with E-state index in [1.165, 1.54) is 4.90 Å². The Morgan fingerprint density at radius 3 is 2.63 bits per heavy atom. The molecule has 0 unspecified atom stereocenters. The van der Waals surface area contributed by atoms with Crippen LogP contribution in [0.3, 0.4) is 0 Å². The molecule has 1 heterocycles. The van der Waals surface area contributed by atoms with Gasteiger partial charge >= 0.3 is 0 Å². The first-order valence-corrected chi connectivity index (χ1v) is 7.42. The van der Waals surface area contributed by atoms with Gasteiger partial charge in [0.2, 0.25) is 0 Å². The van der Waals surface area contributed by atoms with E-state index < -0.39 is 0 Å². The minimum absolute atomic E-state index is 0.743. The van der Waals surface area contributed by atoms with Crippen molar-refractivity contribution < 1.29 is 0 Å². The van der Waals surface area contributed by atoms with Crippen LogP contribution in [0.1, 0.15) is 5.69 Å². The third-order valence-corrected chi connectivity index (χ3v) is 4.92. The molecule has 0 aliphatic rings. The van der Waals surface area contributed by atoms with Crippen LogP contribution in [0.5, 0.6) is 0 Å². The number of aromatic nitrogens is 1. The van der Waals surface area contributed by atoms with Gasteiger partial charge in [-0.1, -0.05) is 47.1 Å². The average molecular weight is 308 g/mol. The van der Waals surface area contributed by atoms with Crippen molar-refractivity contribution in [2.45, 2.75) is 16.7 Å². The fraction of sp³-hybridized carbons (Fsp3) is 0.0667. The summed E-state index contributed by atoms with van der Waals surface area (Å²) in [5, 5.41) is 2.64. The summed E-state index contributed by atoms with van der Waals surface area (Å²) in [6.07, 6.45) is 0. The summed E-state index contributed by atoms with van der Waals surface area (Å²) in [4.78, 5) is 5.59. The van der Waals surface area contributed by atoms with Crippen LogP contribution in [0.25, 0.3) is 10.9 Å². The number of hydrogen-bond acceptors (Lipinski definition) is 1. The fourth-order valence-electron chi connectivity index (χ4n) is 2.04. The number of aromatic amines is 1. The molecule has 0 spiro atoms. The van der Waals surface area contributed by atoms with E-state index in [4.69, 9.17) is 23.2 Å². The minimum Gasteiger partial charge on any atom is -0.358 e. The smallest absolute Gasteiger partial charge is 0.0545 e. The van der Waals surface area contributed by atoms with Crippen molar-refractivity contribution in [3.05, 3.63) is 58.2 Å². The predicted molar refractivity (Wildman–Crippen MR) is 83.6 cm³/mol. The number of halogens is 2. The molecule has 0 bridgehead atoms. The van der Waals surface area contributed by atoms with Crippen molar-refractivity contribution in [1.82, 2.24) is 4.98 Å². The summed E-state index contributed by atoms with van der Waals surface area (Å²) < 4.78 is 0. The van der Waals surface area contributed by atoms with Gasteiger partial charge in [0.1, 0.15) is 0 Å². The van der Waals surface area contributed by atoms with Gasteiger partial charge in [-0.25, -0.2) is 0 Å². The summed E-state index contributed by atoms with van der Waals surface area (Å²) in [7, 11) is 0. The van der Waals surface area contributed by atoms with Crippen LogP contribution >= 0.6 is 35.0 Å². The Labute approximate surface area is 125 Å². The summed E-state index contributed by atoms with van der Waals surface area (Å²) in [5.74, 6) is 0. The number of fused-ring (bicyclic) bond motifs is 1. The molecule has 3 aromatic rings. The quantitative estimate of drug-likeness (QED) is 0.620. The second-order valence-electron chi connectivity index (χ2n) is 4.30. The molecule has 0 aliphatic carbocycles. The Balaban J connectivity index is 2.12. The van der Waals surface area contributed by atoms with E-state index in [9.17, 15) is 0 Å². The molecule has 0 atom stereocenters. The predicted octanol–water partition coefficient (Wildman–Crippen LogP) is 5.93. The number of aryl methyl sites for hydroxylation is 1. The van der Waals surface area contributed by atoms with Crippen LogP contribution < -0.4 is 0 Å². The van der Waals surface area contributed by atoms with Crippen molar-refractivity contribution in [3.63, 3.8) is 0 Å². The van der Waals surface area contributed by atoms with E-state index in [0.29, 0.717) is 0 Å². The van der Waals surface area contributed by atoms with Gasteiger partial charge in [0.05, 0.1) is 5.02 Å². The second-order valence-corrected chi connectivity index (χ2v) is 6.20. The zero-order valence-electron chi connectivity index (χ0n) is 10.2.